The Bertz CT molecular complexity index is 1790. The number of carbonyl (C=O) groups excluding carboxylic acids is 4. The second-order valence-electron chi connectivity index (χ2n) is 11.2. The number of hydrogen-bond acceptors (Lipinski definition) is 15. The minimum absolute atomic E-state index is 0. The molecule has 0 spiro atoms. The Morgan fingerprint density at radius 3 is 2.53 bits per heavy atom. The largest absolute Gasteiger partial charge is 1.00 e. The van der Waals surface area contributed by atoms with Gasteiger partial charge in [-0.1, -0.05) is 36.7 Å². The number of aryl methyl sites for hydroxylation is 1. The van der Waals surface area contributed by atoms with Crippen molar-refractivity contribution in [2.24, 2.45) is 12.8 Å². The monoisotopic (exact) mass is 719 g/mol. The Balaban J connectivity index is 0.00000468. The molecule has 252 valence electrons. The van der Waals surface area contributed by atoms with Crippen molar-refractivity contribution in [2.45, 2.75) is 54.3 Å². The van der Waals surface area contributed by atoms with E-state index in [-0.39, 0.29) is 75.8 Å². The van der Waals surface area contributed by atoms with E-state index in [9.17, 15) is 34.5 Å². The first-order valence-electron chi connectivity index (χ1n) is 14.8. The molecule has 4 amide bonds. The number of aromatic nitrogens is 6. The fraction of sp³-hybridized carbons (Fsp3) is 0.393. The number of amides is 4. The summed E-state index contributed by atoms with van der Waals surface area (Å²) >= 11 is 2.43. The molecule has 6 rings (SSSR count). The average molecular weight is 720 g/mol. The van der Waals surface area contributed by atoms with E-state index in [0.717, 1.165) is 41.7 Å². The zero-order valence-electron chi connectivity index (χ0n) is 26.3. The molecule has 0 bridgehead atoms. The molecule has 0 radical (unpaired) electrons. The standard InChI is InChI=1S/C28H31N11O7S2.Na/c1-37-28(34-35-36-37)48-12-14-11-47-24-18(23(43)39(24)20(14)25(44)45)32-22(42)19(13-6-8-16(40)9-7-13)38(26(29)46)17-10-30-27(33-21(17)41)31-15-4-2-3-5-15;/h6-10,15,18-19,24,40H,2-5,11-12H2,1H3,(H2,29,46)(H,32,42)(H,44,45)(H2,30,31,33,41);/q;+1/p-1/t18?,19?,24-;/m1./s1. The van der Waals surface area contributed by atoms with Crippen LogP contribution in [-0.4, -0.2) is 98.1 Å². The number of fused-ring (bicyclic) bond motifs is 1. The fourth-order valence-corrected chi connectivity index (χ4v) is 8.16. The summed E-state index contributed by atoms with van der Waals surface area (Å²) in [7, 11) is 1.64. The van der Waals surface area contributed by atoms with Crippen molar-refractivity contribution in [2.75, 3.05) is 21.7 Å². The quantitative estimate of drug-likeness (QED) is 0.0735. The van der Waals surface area contributed by atoms with Gasteiger partial charge in [-0.15, -0.1) is 16.9 Å². The van der Waals surface area contributed by atoms with Crippen LogP contribution in [0.5, 0.6) is 11.6 Å². The number of thioether (sulfide) groups is 2. The molecule has 2 aromatic heterocycles. The number of urea groups is 1. The van der Waals surface area contributed by atoms with Gasteiger partial charge in [0.1, 0.15) is 28.9 Å². The van der Waals surface area contributed by atoms with Crippen LogP contribution in [0, 0.1) is 0 Å². The van der Waals surface area contributed by atoms with Gasteiger partial charge in [0.05, 0.1) is 17.9 Å². The Hall–Kier alpha value is -4.11. The summed E-state index contributed by atoms with van der Waals surface area (Å²) in [5.74, 6) is -3.35. The molecule has 1 aliphatic carbocycles. The van der Waals surface area contributed by atoms with E-state index in [0.29, 0.717) is 10.7 Å². The van der Waals surface area contributed by atoms with Crippen LogP contribution in [0.15, 0.2) is 46.9 Å². The molecule has 18 nitrogen and oxygen atoms in total. The van der Waals surface area contributed by atoms with Crippen molar-refractivity contribution < 1.29 is 64.1 Å². The third-order valence-electron chi connectivity index (χ3n) is 8.15. The normalized spacial score (nSPS) is 19.4. The van der Waals surface area contributed by atoms with Crippen molar-refractivity contribution in [3.63, 3.8) is 0 Å². The number of nitrogens with zero attached hydrogens (tertiary/aromatic N) is 8. The molecule has 1 saturated carbocycles. The van der Waals surface area contributed by atoms with Crippen LogP contribution in [0.1, 0.15) is 37.3 Å². The molecule has 21 heteroatoms. The van der Waals surface area contributed by atoms with Gasteiger partial charge in [0.15, 0.2) is 0 Å². The number of nitrogens with one attached hydrogen (secondary N) is 2. The maximum atomic E-state index is 14.0. The number of phenols is 1. The first kappa shape index (κ1) is 36.2. The van der Waals surface area contributed by atoms with Gasteiger partial charge in [-0.25, -0.2) is 14.5 Å². The van der Waals surface area contributed by atoms with Gasteiger partial charge in [0, 0.05) is 24.6 Å². The summed E-state index contributed by atoms with van der Waals surface area (Å²) in [5.41, 5.74) is 5.79. The molecule has 1 saturated heterocycles. The number of rotatable bonds is 11. The van der Waals surface area contributed by atoms with Gasteiger partial charge >= 0.3 is 35.6 Å². The van der Waals surface area contributed by atoms with Crippen molar-refractivity contribution in [3.8, 4) is 11.6 Å². The molecule has 1 aromatic carbocycles. The number of β-lactam (4-membered cyclic amide) rings is 1. The van der Waals surface area contributed by atoms with E-state index in [1.807, 2.05) is 0 Å². The minimum Gasteiger partial charge on any atom is -0.543 e. The smallest absolute Gasteiger partial charge is 0.543 e. The number of tetrazole rings is 1. The summed E-state index contributed by atoms with van der Waals surface area (Å²) in [6.07, 6.45) is 5.09. The molecule has 3 aromatic rings. The Labute approximate surface area is 309 Å². The predicted molar refractivity (Wildman–Crippen MR) is 169 cm³/mol. The summed E-state index contributed by atoms with van der Waals surface area (Å²) in [6, 6.07) is 1.59. The van der Waals surface area contributed by atoms with E-state index >= 15 is 0 Å². The third-order valence-corrected chi connectivity index (χ3v) is 10.6. The predicted octanol–water partition coefficient (Wildman–Crippen LogP) is -3.41. The molecule has 2 fully saturated rings. The van der Waals surface area contributed by atoms with Crippen LogP contribution < -0.4 is 55.9 Å². The molecule has 3 aliphatic rings. The maximum absolute atomic E-state index is 14.0. The summed E-state index contributed by atoms with van der Waals surface area (Å²) in [5, 5.41) is 49.6. The zero-order valence-corrected chi connectivity index (χ0v) is 30.0. The molecule has 4 heterocycles. The molecule has 2 unspecified atom stereocenters. The fourth-order valence-electron chi connectivity index (χ4n) is 5.83. The first-order valence-corrected chi connectivity index (χ1v) is 16.8. The number of nitrogens with two attached hydrogens (primary N) is 1. The number of phenolic OH excluding ortho intramolecular Hbond substituents is 1. The first-order chi connectivity index (χ1) is 23.0. The van der Waals surface area contributed by atoms with E-state index in [1.165, 1.54) is 52.5 Å². The average Bonchev–Trinajstić information content (AvgIpc) is 3.73. The van der Waals surface area contributed by atoms with E-state index in [1.54, 1.807) is 7.05 Å². The van der Waals surface area contributed by atoms with Crippen LogP contribution in [0.25, 0.3) is 0 Å². The molecule has 2 aliphatic heterocycles. The van der Waals surface area contributed by atoms with Crippen LogP contribution in [0.3, 0.4) is 0 Å². The second-order valence-corrected chi connectivity index (χ2v) is 13.3. The number of carboxylic acid groups (broad SMARTS) is 1. The van der Waals surface area contributed by atoms with Crippen molar-refractivity contribution in [1.82, 2.24) is 40.4 Å². The van der Waals surface area contributed by atoms with Crippen LogP contribution in [-0.2, 0) is 21.4 Å². The van der Waals surface area contributed by atoms with Crippen LogP contribution in [0.2, 0.25) is 0 Å². The molecule has 3 atom stereocenters. The minimum atomic E-state index is -1.56. The molecule has 49 heavy (non-hydrogen) atoms. The topological polar surface area (TPSA) is 258 Å². The summed E-state index contributed by atoms with van der Waals surface area (Å²) in [6.45, 7) is 0. The van der Waals surface area contributed by atoms with Gasteiger partial charge in [-0.2, -0.15) is 4.98 Å². The maximum Gasteiger partial charge on any atom is 1.00 e. The van der Waals surface area contributed by atoms with E-state index < -0.39 is 47.2 Å². The molecule has 6 N–H and O–H groups in total. The third kappa shape index (κ3) is 7.42. The number of benzene rings is 1. The number of primary amides is 1. The van der Waals surface area contributed by atoms with Crippen molar-refractivity contribution in [3.05, 3.63) is 47.3 Å². The molecular formula is C28H30N11NaO7S2. The van der Waals surface area contributed by atoms with Crippen molar-refractivity contribution >= 4 is 59.0 Å². The number of carboxylic acids is 1. The summed E-state index contributed by atoms with van der Waals surface area (Å²) < 4.78 is 1.43. The van der Waals surface area contributed by atoms with Gasteiger partial charge in [0.25, 0.3) is 5.91 Å². The van der Waals surface area contributed by atoms with E-state index in [4.69, 9.17) is 5.73 Å². The number of carbonyl (C=O) groups is 4. The van der Waals surface area contributed by atoms with Gasteiger partial charge in [0.2, 0.25) is 22.9 Å². The van der Waals surface area contributed by atoms with Crippen molar-refractivity contribution in [1.29, 1.82) is 0 Å². The van der Waals surface area contributed by atoms with Crippen LogP contribution in [0.4, 0.5) is 16.4 Å². The number of hydrogen-bond donors (Lipinski definition) is 5. The zero-order chi connectivity index (χ0) is 34.1. The number of aromatic hydroxyl groups is 2. The Kier molecular flexibility index (Phi) is 11.2. The number of aliphatic carboxylic acids is 1. The Morgan fingerprint density at radius 2 is 1.92 bits per heavy atom. The SMILES string of the molecule is Cn1nnnc1SCC1=C(C(=O)[O-])N2C(=O)C(NC(=O)C(c3ccc(O)cc3)N(C(N)=O)c3cnc(NC4CCCC4)nc3O)[C@H]2SC1.[Na+]. The van der Waals surface area contributed by atoms with E-state index in [2.05, 4.69) is 36.1 Å². The second kappa shape index (κ2) is 15.2. The van der Waals surface area contributed by atoms with Gasteiger partial charge in [-0.3, -0.25) is 19.4 Å². The van der Waals surface area contributed by atoms with Crippen LogP contribution >= 0.6 is 23.5 Å². The van der Waals surface area contributed by atoms with Gasteiger partial charge < -0.3 is 36.5 Å². The van der Waals surface area contributed by atoms with Gasteiger partial charge in [-0.05, 0) is 46.5 Å². The number of anilines is 2. The molecular weight excluding hydrogens is 690 g/mol. The Morgan fingerprint density at radius 1 is 1.20 bits per heavy atom. The summed E-state index contributed by atoms with van der Waals surface area (Å²) in [4.78, 5) is 62.8.